The van der Waals surface area contributed by atoms with Gasteiger partial charge in [-0.3, -0.25) is 0 Å². The summed E-state index contributed by atoms with van der Waals surface area (Å²) in [6.45, 7) is -1.17. The molecule has 8 heteroatoms. The van der Waals surface area contributed by atoms with Crippen molar-refractivity contribution in [3.8, 4) is 0 Å². The minimum atomic E-state index is -4.24. The van der Waals surface area contributed by atoms with Crippen LogP contribution in [0.15, 0.2) is 39.8 Å². The maximum Gasteiger partial charge on any atom is 0.401 e. The van der Waals surface area contributed by atoms with Crippen LogP contribution in [0.3, 0.4) is 0 Å². The van der Waals surface area contributed by atoms with Gasteiger partial charge in [-0.2, -0.15) is 18.2 Å². The first kappa shape index (κ1) is 14.9. The van der Waals surface area contributed by atoms with Crippen LogP contribution in [0.25, 0.3) is 0 Å². The van der Waals surface area contributed by atoms with E-state index in [1.54, 1.807) is 0 Å². The highest BCUT2D eigenvalue weighted by atomic mass is 32.2. The molecule has 0 fully saturated rings. The first-order chi connectivity index (χ1) is 9.53. The Kier molecular flexibility index (Phi) is 5.02. The Morgan fingerprint density at radius 3 is 2.65 bits per heavy atom. The summed E-state index contributed by atoms with van der Waals surface area (Å²) in [5, 5.41) is 5.92. The van der Waals surface area contributed by atoms with Crippen molar-refractivity contribution < 1.29 is 17.7 Å². The fourth-order valence-electron chi connectivity index (χ4n) is 1.40. The molecular weight excluding hydrogens is 291 g/mol. The van der Waals surface area contributed by atoms with Crippen molar-refractivity contribution in [1.29, 1.82) is 0 Å². The van der Waals surface area contributed by atoms with E-state index in [1.165, 1.54) is 11.8 Å². The molecule has 1 heterocycles. The number of thioether (sulfide) groups is 1. The molecule has 4 nitrogen and oxygen atoms in total. The van der Waals surface area contributed by atoms with Crippen LogP contribution >= 0.6 is 11.8 Å². The molecule has 0 aliphatic carbocycles. The van der Waals surface area contributed by atoms with Gasteiger partial charge in [-0.05, 0) is 12.1 Å². The predicted octanol–water partition coefficient (Wildman–Crippen LogP) is 3.01. The summed E-state index contributed by atoms with van der Waals surface area (Å²) in [4.78, 5) is 5.08. The highest BCUT2D eigenvalue weighted by Gasteiger charge is 2.26. The lowest BCUT2D eigenvalue weighted by molar-refractivity contribution is -0.125. The van der Waals surface area contributed by atoms with Gasteiger partial charge in [0.15, 0.2) is 5.82 Å². The number of rotatable bonds is 6. The first-order valence-corrected chi connectivity index (χ1v) is 6.78. The van der Waals surface area contributed by atoms with Crippen LogP contribution in [-0.4, -0.2) is 22.9 Å². The van der Waals surface area contributed by atoms with Gasteiger partial charge in [-0.1, -0.05) is 23.4 Å². The number of nitrogens with one attached hydrogen (secondary N) is 1. The second kappa shape index (κ2) is 6.76. The van der Waals surface area contributed by atoms with E-state index < -0.39 is 12.7 Å². The maximum absolute atomic E-state index is 11.9. The summed E-state index contributed by atoms with van der Waals surface area (Å²) in [6.07, 6.45) is -4.24. The summed E-state index contributed by atoms with van der Waals surface area (Å²) in [6, 6.07) is 9.67. The van der Waals surface area contributed by atoms with Crippen molar-refractivity contribution in [1.82, 2.24) is 15.5 Å². The van der Waals surface area contributed by atoms with Crippen LogP contribution < -0.4 is 5.32 Å². The van der Waals surface area contributed by atoms with Gasteiger partial charge in [0.25, 0.3) is 0 Å². The third kappa shape index (κ3) is 5.22. The molecular formula is C12H12F3N3OS. The molecule has 20 heavy (non-hydrogen) atoms. The zero-order chi connectivity index (χ0) is 14.4. The Morgan fingerprint density at radius 1 is 1.20 bits per heavy atom. The number of halogens is 3. The lowest BCUT2D eigenvalue weighted by Gasteiger charge is -2.05. The standard InChI is InChI=1S/C12H12F3N3OS/c13-12(14,15)8-16-6-11-17-10(18-19-11)7-20-9-4-2-1-3-5-9/h1-5,16H,6-8H2. The fraction of sp³-hybridized carbons (Fsp3) is 0.333. The molecule has 0 saturated carbocycles. The van der Waals surface area contributed by atoms with E-state index in [0.717, 1.165) is 4.90 Å². The quantitative estimate of drug-likeness (QED) is 0.831. The number of hydrogen-bond acceptors (Lipinski definition) is 5. The largest absolute Gasteiger partial charge is 0.401 e. The van der Waals surface area contributed by atoms with E-state index in [1.807, 2.05) is 30.3 Å². The van der Waals surface area contributed by atoms with Crippen molar-refractivity contribution in [2.24, 2.45) is 0 Å². The molecule has 0 bridgehead atoms. The lowest BCUT2D eigenvalue weighted by Crippen LogP contribution is -2.28. The van der Waals surface area contributed by atoms with Gasteiger partial charge in [-0.15, -0.1) is 11.8 Å². The Balaban J connectivity index is 1.77. The molecule has 0 amide bonds. The average molecular weight is 303 g/mol. The molecule has 0 aliphatic heterocycles. The Bertz CT molecular complexity index is 530. The molecule has 0 unspecified atom stereocenters. The molecule has 0 aliphatic rings. The zero-order valence-electron chi connectivity index (χ0n) is 10.4. The second-order valence-electron chi connectivity index (χ2n) is 3.92. The van der Waals surface area contributed by atoms with Gasteiger partial charge in [0, 0.05) is 4.90 Å². The van der Waals surface area contributed by atoms with E-state index in [0.29, 0.717) is 11.6 Å². The minimum absolute atomic E-state index is 0.0947. The van der Waals surface area contributed by atoms with Gasteiger partial charge < -0.3 is 9.84 Å². The van der Waals surface area contributed by atoms with Crippen molar-refractivity contribution >= 4 is 11.8 Å². The Hall–Kier alpha value is -1.54. The zero-order valence-corrected chi connectivity index (χ0v) is 11.2. The number of alkyl halides is 3. The van der Waals surface area contributed by atoms with E-state index >= 15 is 0 Å². The molecule has 0 saturated heterocycles. The smallest absolute Gasteiger partial charge is 0.338 e. The van der Waals surface area contributed by atoms with Gasteiger partial charge >= 0.3 is 6.18 Å². The number of benzene rings is 1. The number of nitrogens with zero attached hydrogens (tertiary/aromatic N) is 2. The first-order valence-electron chi connectivity index (χ1n) is 5.80. The molecule has 2 rings (SSSR count). The van der Waals surface area contributed by atoms with Crippen LogP contribution in [0.2, 0.25) is 0 Å². The van der Waals surface area contributed by atoms with Crippen molar-refractivity contribution in [3.63, 3.8) is 0 Å². The van der Waals surface area contributed by atoms with Gasteiger partial charge in [-0.25, -0.2) is 0 Å². The topological polar surface area (TPSA) is 51.0 Å². The van der Waals surface area contributed by atoms with Crippen molar-refractivity contribution in [3.05, 3.63) is 42.0 Å². The fourth-order valence-corrected chi connectivity index (χ4v) is 2.16. The van der Waals surface area contributed by atoms with Crippen molar-refractivity contribution in [2.45, 2.75) is 23.4 Å². The second-order valence-corrected chi connectivity index (χ2v) is 4.97. The molecule has 1 aromatic heterocycles. The van der Waals surface area contributed by atoms with E-state index in [4.69, 9.17) is 4.52 Å². The van der Waals surface area contributed by atoms with Crippen LogP contribution in [0, 0.1) is 0 Å². The van der Waals surface area contributed by atoms with E-state index in [-0.39, 0.29) is 12.4 Å². The van der Waals surface area contributed by atoms with Crippen LogP contribution in [0.5, 0.6) is 0 Å². The van der Waals surface area contributed by atoms with E-state index in [2.05, 4.69) is 15.5 Å². The Labute approximate surface area is 117 Å². The highest BCUT2D eigenvalue weighted by Crippen LogP contribution is 2.20. The summed E-state index contributed by atoms with van der Waals surface area (Å²) >= 11 is 1.53. The minimum Gasteiger partial charge on any atom is -0.338 e. The Morgan fingerprint density at radius 2 is 1.95 bits per heavy atom. The molecule has 1 aromatic carbocycles. The van der Waals surface area contributed by atoms with Crippen molar-refractivity contribution in [2.75, 3.05) is 6.54 Å². The van der Waals surface area contributed by atoms with Gasteiger partial charge in [0.05, 0.1) is 18.8 Å². The van der Waals surface area contributed by atoms with Crippen LogP contribution in [-0.2, 0) is 12.3 Å². The van der Waals surface area contributed by atoms with Crippen LogP contribution in [0.1, 0.15) is 11.7 Å². The third-order valence-corrected chi connectivity index (χ3v) is 3.23. The number of aromatic nitrogens is 2. The summed E-state index contributed by atoms with van der Waals surface area (Å²) in [5.74, 6) is 1.12. The molecule has 0 atom stereocenters. The molecule has 2 aromatic rings. The molecule has 108 valence electrons. The molecule has 1 N–H and O–H groups in total. The van der Waals surface area contributed by atoms with E-state index in [9.17, 15) is 13.2 Å². The molecule has 0 radical (unpaired) electrons. The SMILES string of the molecule is FC(F)(F)CNCc1nc(CSc2ccccc2)no1. The average Bonchev–Trinajstić information content (AvgIpc) is 2.84. The summed E-state index contributed by atoms with van der Waals surface area (Å²) < 4.78 is 40.7. The summed E-state index contributed by atoms with van der Waals surface area (Å²) in [5.41, 5.74) is 0. The molecule has 0 spiro atoms. The van der Waals surface area contributed by atoms with Crippen LogP contribution in [0.4, 0.5) is 13.2 Å². The third-order valence-electron chi connectivity index (χ3n) is 2.22. The lowest BCUT2D eigenvalue weighted by atomic mass is 10.4. The monoisotopic (exact) mass is 303 g/mol. The maximum atomic E-state index is 11.9. The number of hydrogen-bond donors (Lipinski definition) is 1. The highest BCUT2D eigenvalue weighted by molar-refractivity contribution is 7.98. The van der Waals surface area contributed by atoms with Gasteiger partial charge in [0.1, 0.15) is 0 Å². The summed E-state index contributed by atoms with van der Waals surface area (Å²) in [7, 11) is 0. The van der Waals surface area contributed by atoms with Gasteiger partial charge in [0.2, 0.25) is 5.89 Å². The normalized spacial score (nSPS) is 11.8. The predicted molar refractivity (Wildman–Crippen MR) is 68.1 cm³/mol.